The van der Waals surface area contributed by atoms with Crippen LogP contribution in [0, 0.1) is 13.8 Å². The Morgan fingerprint density at radius 3 is 2.00 bits per heavy atom. The maximum atomic E-state index is 6.30. The summed E-state index contributed by atoms with van der Waals surface area (Å²) in [7, 11) is 0. The first-order valence-electron chi connectivity index (χ1n) is 6.95. The summed E-state index contributed by atoms with van der Waals surface area (Å²) >= 11 is 18.6. The summed E-state index contributed by atoms with van der Waals surface area (Å²) in [6, 6.07) is 14.4. The highest BCUT2D eigenvalue weighted by Gasteiger charge is 2.31. The van der Waals surface area contributed by atoms with Gasteiger partial charge in [-0.15, -0.1) is 23.2 Å². The number of aryl methyl sites for hydroxylation is 2. The standard InChI is InChI=1S/C18H19Cl3/c1-13-3-4-15(9-14(13)2)10-18(11-19,12-20)16-5-7-17(21)8-6-16/h3-9H,10-12H2,1-2H3. The number of halogens is 3. The van der Waals surface area contributed by atoms with Crippen molar-refractivity contribution >= 4 is 34.8 Å². The summed E-state index contributed by atoms with van der Waals surface area (Å²) in [5, 5.41) is 0.725. The normalized spacial score (nSPS) is 11.7. The Bertz CT molecular complexity index is 598. The molecule has 0 aliphatic carbocycles. The minimum Gasteiger partial charge on any atom is -0.126 e. The summed E-state index contributed by atoms with van der Waals surface area (Å²) in [6.45, 7) is 4.25. The van der Waals surface area contributed by atoms with Crippen molar-refractivity contribution in [3.63, 3.8) is 0 Å². The van der Waals surface area contributed by atoms with Crippen molar-refractivity contribution in [3.8, 4) is 0 Å². The van der Waals surface area contributed by atoms with Crippen molar-refractivity contribution in [1.82, 2.24) is 0 Å². The Hall–Kier alpha value is -0.690. The zero-order valence-corrected chi connectivity index (χ0v) is 14.6. The van der Waals surface area contributed by atoms with E-state index in [9.17, 15) is 0 Å². The van der Waals surface area contributed by atoms with Crippen LogP contribution in [0.25, 0.3) is 0 Å². The lowest BCUT2D eigenvalue weighted by Gasteiger charge is -2.30. The molecule has 0 unspecified atom stereocenters. The second kappa shape index (κ2) is 7.05. The molecule has 2 aromatic rings. The van der Waals surface area contributed by atoms with Crippen LogP contribution >= 0.6 is 34.8 Å². The fraction of sp³-hybridized carbons (Fsp3) is 0.333. The highest BCUT2D eigenvalue weighted by molar-refractivity contribution is 6.30. The molecule has 2 aromatic carbocycles. The van der Waals surface area contributed by atoms with Crippen LogP contribution in [-0.4, -0.2) is 11.8 Å². The molecule has 3 heteroatoms. The maximum absolute atomic E-state index is 6.30. The van der Waals surface area contributed by atoms with Crippen LogP contribution in [0.4, 0.5) is 0 Å². The average Bonchev–Trinajstić information content (AvgIpc) is 2.49. The summed E-state index contributed by atoms with van der Waals surface area (Å²) in [5.74, 6) is 0.954. The van der Waals surface area contributed by atoms with Crippen LogP contribution in [-0.2, 0) is 11.8 Å². The average molecular weight is 342 g/mol. The van der Waals surface area contributed by atoms with E-state index in [2.05, 4.69) is 32.0 Å². The van der Waals surface area contributed by atoms with Gasteiger partial charge in [0.15, 0.2) is 0 Å². The SMILES string of the molecule is Cc1ccc(CC(CCl)(CCl)c2ccc(Cl)cc2)cc1C. The van der Waals surface area contributed by atoms with Gasteiger partial charge in [0, 0.05) is 22.2 Å². The van der Waals surface area contributed by atoms with Gasteiger partial charge in [0.25, 0.3) is 0 Å². The van der Waals surface area contributed by atoms with Crippen LogP contribution in [0.3, 0.4) is 0 Å². The third kappa shape index (κ3) is 3.74. The lowest BCUT2D eigenvalue weighted by molar-refractivity contribution is 0.536. The van der Waals surface area contributed by atoms with Gasteiger partial charge < -0.3 is 0 Å². The lowest BCUT2D eigenvalue weighted by atomic mass is 9.78. The molecule has 0 saturated heterocycles. The van der Waals surface area contributed by atoms with E-state index >= 15 is 0 Å². The Morgan fingerprint density at radius 2 is 1.48 bits per heavy atom. The highest BCUT2D eigenvalue weighted by Crippen LogP contribution is 2.33. The van der Waals surface area contributed by atoms with Crippen molar-refractivity contribution in [1.29, 1.82) is 0 Å². The summed E-state index contributed by atoms with van der Waals surface area (Å²) in [5.41, 5.74) is 4.72. The minimum atomic E-state index is -0.268. The largest absolute Gasteiger partial charge is 0.126 e. The molecule has 0 aromatic heterocycles. The van der Waals surface area contributed by atoms with Crippen LogP contribution in [0.2, 0.25) is 5.02 Å². The third-order valence-electron chi connectivity index (χ3n) is 4.08. The zero-order valence-electron chi connectivity index (χ0n) is 12.3. The molecule has 0 atom stereocenters. The first-order valence-corrected chi connectivity index (χ1v) is 8.39. The number of rotatable bonds is 5. The molecule has 21 heavy (non-hydrogen) atoms. The number of hydrogen-bond acceptors (Lipinski definition) is 0. The van der Waals surface area contributed by atoms with Crippen molar-refractivity contribution in [2.24, 2.45) is 0 Å². The molecule has 0 saturated carbocycles. The van der Waals surface area contributed by atoms with Gasteiger partial charge in [-0.05, 0) is 54.7 Å². The Balaban J connectivity index is 2.37. The third-order valence-corrected chi connectivity index (χ3v) is 5.36. The van der Waals surface area contributed by atoms with Gasteiger partial charge in [0.1, 0.15) is 0 Å². The second-order valence-electron chi connectivity index (χ2n) is 5.65. The molecule has 0 N–H and O–H groups in total. The predicted octanol–water partition coefficient (Wildman–Crippen LogP) is 5.91. The summed E-state index contributed by atoms with van der Waals surface area (Å²) in [4.78, 5) is 0. The van der Waals surface area contributed by atoms with E-state index < -0.39 is 0 Å². The number of benzene rings is 2. The molecule has 112 valence electrons. The molecule has 2 rings (SSSR count). The first kappa shape index (κ1) is 16.7. The molecule has 0 heterocycles. The fourth-order valence-electron chi connectivity index (χ4n) is 2.49. The molecular weight excluding hydrogens is 323 g/mol. The van der Waals surface area contributed by atoms with Gasteiger partial charge >= 0.3 is 0 Å². The quantitative estimate of drug-likeness (QED) is 0.593. The zero-order chi connectivity index (χ0) is 15.5. The van der Waals surface area contributed by atoms with Crippen molar-refractivity contribution in [2.75, 3.05) is 11.8 Å². The molecular formula is C18H19Cl3. The fourth-order valence-corrected chi connectivity index (χ4v) is 3.40. The monoisotopic (exact) mass is 340 g/mol. The van der Waals surface area contributed by atoms with Gasteiger partial charge in [0.05, 0.1) is 0 Å². The van der Waals surface area contributed by atoms with Crippen LogP contribution in [0.5, 0.6) is 0 Å². The van der Waals surface area contributed by atoms with E-state index in [1.807, 2.05) is 24.3 Å². The molecule has 0 fully saturated rings. The van der Waals surface area contributed by atoms with Crippen LogP contribution in [0.1, 0.15) is 22.3 Å². The van der Waals surface area contributed by atoms with E-state index in [0.717, 1.165) is 17.0 Å². The Labute approximate surface area is 142 Å². The number of hydrogen-bond donors (Lipinski definition) is 0. The summed E-state index contributed by atoms with van der Waals surface area (Å²) in [6.07, 6.45) is 0.822. The maximum Gasteiger partial charge on any atom is 0.0406 e. The van der Waals surface area contributed by atoms with Gasteiger partial charge in [-0.2, -0.15) is 0 Å². The topological polar surface area (TPSA) is 0 Å². The van der Waals surface area contributed by atoms with Crippen molar-refractivity contribution < 1.29 is 0 Å². The number of alkyl halides is 2. The van der Waals surface area contributed by atoms with Crippen LogP contribution < -0.4 is 0 Å². The van der Waals surface area contributed by atoms with E-state index in [-0.39, 0.29) is 5.41 Å². The van der Waals surface area contributed by atoms with E-state index in [1.165, 1.54) is 16.7 Å². The molecule has 0 spiro atoms. The van der Waals surface area contributed by atoms with Gasteiger partial charge in [-0.1, -0.05) is 41.9 Å². The van der Waals surface area contributed by atoms with Crippen molar-refractivity contribution in [2.45, 2.75) is 25.7 Å². The van der Waals surface area contributed by atoms with Gasteiger partial charge in [-0.3, -0.25) is 0 Å². The Morgan fingerprint density at radius 1 is 0.857 bits per heavy atom. The molecule has 0 bridgehead atoms. The molecule has 0 aliphatic heterocycles. The highest BCUT2D eigenvalue weighted by atomic mass is 35.5. The molecule has 0 amide bonds. The predicted molar refractivity (Wildman–Crippen MR) is 94.2 cm³/mol. The van der Waals surface area contributed by atoms with E-state index in [1.54, 1.807) is 0 Å². The van der Waals surface area contributed by atoms with E-state index in [4.69, 9.17) is 34.8 Å². The lowest BCUT2D eigenvalue weighted by Crippen LogP contribution is -2.33. The second-order valence-corrected chi connectivity index (χ2v) is 6.62. The summed E-state index contributed by atoms with van der Waals surface area (Å²) < 4.78 is 0. The van der Waals surface area contributed by atoms with E-state index in [0.29, 0.717) is 11.8 Å². The first-order chi connectivity index (χ1) is 10.0. The van der Waals surface area contributed by atoms with Crippen molar-refractivity contribution in [3.05, 3.63) is 69.7 Å². The smallest absolute Gasteiger partial charge is 0.0406 e. The molecule has 0 radical (unpaired) electrons. The molecule has 0 nitrogen and oxygen atoms in total. The Kier molecular flexibility index (Phi) is 5.60. The van der Waals surface area contributed by atoms with Gasteiger partial charge in [-0.25, -0.2) is 0 Å². The minimum absolute atomic E-state index is 0.268. The molecule has 0 aliphatic rings. The van der Waals surface area contributed by atoms with Gasteiger partial charge in [0.2, 0.25) is 0 Å². The van der Waals surface area contributed by atoms with Crippen LogP contribution in [0.15, 0.2) is 42.5 Å².